The van der Waals surface area contributed by atoms with Gasteiger partial charge in [-0.15, -0.1) is 0 Å². The third kappa shape index (κ3) is 13.6. The van der Waals surface area contributed by atoms with Gasteiger partial charge in [0.15, 0.2) is 0 Å². The van der Waals surface area contributed by atoms with Crippen molar-refractivity contribution in [1.82, 2.24) is 0 Å². The molecular weight excluding hydrogens is 275 g/mol. The van der Waals surface area contributed by atoms with Gasteiger partial charge in [-0.25, -0.2) is 8.37 Å². The van der Waals surface area contributed by atoms with Crippen LogP contribution in [0.3, 0.4) is 0 Å². The van der Waals surface area contributed by atoms with Crippen LogP contribution in [0.2, 0.25) is 0 Å². The summed E-state index contributed by atoms with van der Waals surface area (Å²) in [6.07, 6.45) is 7.31. The van der Waals surface area contributed by atoms with Crippen molar-refractivity contribution >= 4 is 10.4 Å². The first-order valence-electron chi connectivity index (χ1n) is 7.09. The topological polar surface area (TPSA) is 52.6 Å². The molecule has 0 radical (unpaired) electrons. The maximum atomic E-state index is 11.2. The molecule has 6 heteroatoms. The van der Waals surface area contributed by atoms with Crippen LogP contribution in [-0.4, -0.2) is 21.6 Å². The zero-order valence-electron chi connectivity index (χ0n) is 14.0. The maximum absolute atomic E-state index is 11.2. The fourth-order valence-corrected chi connectivity index (χ4v) is 2.56. The van der Waals surface area contributed by atoms with Crippen molar-refractivity contribution in [2.24, 2.45) is 5.92 Å². The summed E-state index contributed by atoms with van der Waals surface area (Å²) in [5.41, 5.74) is 0. The van der Waals surface area contributed by atoms with Crippen LogP contribution in [0.5, 0.6) is 0 Å². The number of unbranched alkanes of at least 4 members (excludes halogenated alkanes) is 1. The average molecular weight is 304 g/mol. The van der Waals surface area contributed by atoms with Gasteiger partial charge in [-0.3, -0.25) is 0 Å². The molecular formula is C13H29NaO4S. The molecule has 0 heterocycles. The van der Waals surface area contributed by atoms with Crippen molar-refractivity contribution in [1.29, 1.82) is 0 Å². The Morgan fingerprint density at radius 3 is 2.05 bits per heavy atom. The summed E-state index contributed by atoms with van der Waals surface area (Å²) in [5, 5.41) is 0. The van der Waals surface area contributed by atoms with Gasteiger partial charge in [0, 0.05) is 0 Å². The van der Waals surface area contributed by atoms with Crippen molar-refractivity contribution in [2.75, 3.05) is 13.2 Å². The monoisotopic (exact) mass is 304 g/mol. The van der Waals surface area contributed by atoms with Gasteiger partial charge in [-0.1, -0.05) is 46.5 Å². The van der Waals surface area contributed by atoms with Gasteiger partial charge < -0.3 is 1.43 Å². The fourth-order valence-electron chi connectivity index (χ4n) is 1.80. The normalized spacial score (nSPS) is 13.0. The quantitative estimate of drug-likeness (QED) is 0.395. The van der Waals surface area contributed by atoms with Crippen LogP contribution in [0.15, 0.2) is 0 Å². The molecule has 0 N–H and O–H groups in total. The Kier molecular flexibility index (Phi) is 16.1. The van der Waals surface area contributed by atoms with Gasteiger partial charge in [-0.05, 0) is 25.2 Å². The summed E-state index contributed by atoms with van der Waals surface area (Å²) in [6, 6.07) is 0. The van der Waals surface area contributed by atoms with E-state index < -0.39 is 10.4 Å². The molecule has 0 saturated carbocycles. The predicted molar refractivity (Wildman–Crippen MR) is 74.8 cm³/mol. The van der Waals surface area contributed by atoms with E-state index in [2.05, 4.69) is 18.0 Å². The standard InChI is InChI=1S/C13H28O4S.Na.H/c1-4-7-9-13(6-3)10-8-12-17-18(14,15)16-11-5-2;;/h13H,4-12H2,1-3H3;;/q;+1;-1. The van der Waals surface area contributed by atoms with E-state index in [0.717, 1.165) is 19.3 Å². The molecule has 0 aliphatic heterocycles. The summed E-state index contributed by atoms with van der Waals surface area (Å²) in [5.74, 6) is 0.688. The molecule has 0 aliphatic rings. The minimum atomic E-state index is -3.77. The molecule has 0 aliphatic carbocycles. The summed E-state index contributed by atoms with van der Waals surface area (Å²) in [4.78, 5) is 0. The molecule has 0 rings (SSSR count). The number of hydrogen-bond acceptors (Lipinski definition) is 4. The molecule has 1 unspecified atom stereocenters. The first-order valence-corrected chi connectivity index (χ1v) is 8.42. The average Bonchev–Trinajstić information content (AvgIpc) is 2.35. The second kappa shape index (κ2) is 13.8. The van der Waals surface area contributed by atoms with E-state index in [0.29, 0.717) is 12.3 Å². The Morgan fingerprint density at radius 2 is 1.53 bits per heavy atom. The van der Waals surface area contributed by atoms with Crippen molar-refractivity contribution in [3.05, 3.63) is 0 Å². The zero-order valence-corrected chi connectivity index (χ0v) is 15.8. The van der Waals surface area contributed by atoms with Gasteiger partial charge in [0.05, 0.1) is 13.2 Å². The predicted octanol–water partition coefficient (Wildman–Crippen LogP) is 0.788. The molecule has 0 bridgehead atoms. The Labute approximate surface area is 142 Å². The molecule has 0 fully saturated rings. The Balaban J connectivity index is -0.00000144. The van der Waals surface area contributed by atoms with Gasteiger partial charge >= 0.3 is 40.0 Å². The van der Waals surface area contributed by atoms with Gasteiger partial charge in [0.2, 0.25) is 0 Å². The second-order valence-electron chi connectivity index (χ2n) is 4.61. The molecule has 0 spiro atoms. The minimum Gasteiger partial charge on any atom is -1.00 e. The molecule has 112 valence electrons. The molecule has 4 nitrogen and oxygen atoms in total. The molecule has 1 atom stereocenters. The van der Waals surface area contributed by atoms with Crippen LogP contribution in [0, 0.1) is 5.92 Å². The van der Waals surface area contributed by atoms with E-state index in [4.69, 9.17) is 4.18 Å². The van der Waals surface area contributed by atoms with Crippen LogP contribution < -0.4 is 29.6 Å². The van der Waals surface area contributed by atoms with Crippen molar-refractivity contribution in [3.63, 3.8) is 0 Å². The molecule has 19 heavy (non-hydrogen) atoms. The Morgan fingerprint density at radius 1 is 0.947 bits per heavy atom. The van der Waals surface area contributed by atoms with E-state index in [1.807, 2.05) is 6.92 Å². The first-order chi connectivity index (χ1) is 8.55. The largest absolute Gasteiger partial charge is 1.00 e. The van der Waals surface area contributed by atoms with E-state index in [1.165, 1.54) is 19.3 Å². The van der Waals surface area contributed by atoms with Crippen LogP contribution >= 0.6 is 0 Å². The minimum absolute atomic E-state index is 0. The zero-order chi connectivity index (χ0) is 13.9. The smallest absolute Gasteiger partial charge is 1.00 e. The van der Waals surface area contributed by atoms with E-state index in [-0.39, 0.29) is 44.2 Å². The molecule has 0 aromatic carbocycles. The summed E-state index contributed by atoms with van der Waals surface area (Å²) in [7, 11) is -3.77. The van der Waals surface area contributed by atoms with Crippen LogP contribution in [0.1, 0.15) is 67.1 Å². The maximum Gasteiger partial charge on any atom is 1.00 e. The van der Waals surface area contributed by atoms with Crippen LogP contribution in [0.25, 0.3) is 0 Å². The van der Waals surface area contributed by atoms with Gasteiger partial charge in [0.1, 0.15) is 0 Å². The van der Waals surface area contributed by atoms with Gasteiger partial charge in [0.25, 0.3) is 0 Å². The molecule has 0 aromatic heterocycles. The molecule has 0 aromatic rings. The summed E-state index contributed by atoms with van der Waals surface area (Å²) < 4.78 is 31.9. The van der Waals surface area contributed by atoms with E-state index in [1.54, 1.807) is 0 Å². The Hall–Kier alpha value is 0.870. The number of hydrogen-bond donors (Lipinski definition) is 0. The molecule has 0 saturated heterocycles. The van der Waals surface area contributed by atoms with Crippen molar-refractivity contribution in [2.45, 2.75) is 65.7 Å². The van der Waals surface area contributed by atoms with E-state index in [9.17, 15) is 8.42 Å². The fraction of sp³-hybridized carbons (Fsp3) is 1.00. The van der Waals surface area contributed by atoms with Crippen LogP contribution in [-0.2, 0) is 18.8 Å². The first kappa shape index (κ1) is 22.2. The van der Waals surface area contributed by atoms with Crippen molar-refractivity contribution in [3.8, 4) is 0 Å². The third-order valence-electron chi connectivity index (χ3n) is 2.96. The SMILES string of the molecule is CCCCC(CC)CCCOS(=O)(=O)OCCC.[H-].[Na+]. The molecule has 0 amide bonds. The van der Waals surface area contributed by atoms with Gasteiger partial charge in [-0.2, -0.15) is 8.42 Å². The number of rotatable bonds is 12. The summed E-state index contributed by atoms with van der Waals surface area (Å²) >= 11 is 0. The Bertz CT molecular complexity index is 286. The van der Waals surface area contributed by atoms with Crippen molar-refractivity contribution < 1.29 is 47.8 Å². The van der Waals surface area contributed by atoms with Crippen LogP contribution in [0.4, 0.5) is 0 Å². The second-order valence-corrected chi connectivity index (χ2v) is 5.90. The van der Waals surface area contributed by atoms with E-state index >= 15 is 0 Å². The third-order valence-corrected chi connectivity index (χ3v) is 3.87. The summed E-state index contributed by atoms with van der Waals surface area (Å²) in [6.45, 7) is 6.65.